The average Bonchev–Trinajstić information content (AvgIpc) is 2.94. The molecule has 5 rings (SSSR count). The summed E-state index contributed by atoms with van der Waals surface area (Å²) < 4.78 is 14.0. The molecule has 0 saturated heterocycles. The summed E-state index contributed by atoms with van der Waals surface area (Å²) in [7, 11) is 0. The molecule has 1 unspecified atom stereocenters. The second-order valence-corrected chi connectivity index (χ2v) is 10.1. The van der Waals surface area contributed by atoms with E-state index in [1.165, 1.54) is 6.07 Å². The lowest BCUT2D eigenvalue weighted by Gasteiger charge is -2.32. The number of nitrogens with one attached hydrogen (secondary N) is 1. The normalized spacial score (nSPS) is 13.5. The van der Waals surface area contributed by atoms with E-state index in [2.05, 4.69) is 10.2 Å². The first-order valence-electron chi connectivity index (χ1n) is 13.2. The van der Waals surface area contributed by atoms with E-state index in [-0.39, 0.29) is 23.3 Å². The maximum Gasteiger partial charge on any atom is 0.336 e. The van der Waals surface area contributed by atoms with Gasteiger partial charge in [-0.3, -0.25) is 4.79 Å². The number of anilines is 1. The van der Waals surface area contributed by atoms with Gasteiger partial charge >= 0.3 is 5.97 Å². The monoisotopic (exact) mass is 522 g/mol. The highest BCUT2D eigenvalue weighted by molar-refractivity contribution is 5.96. The number of carbonyl (C=O) groups is 2. The Morgan fingerprint density at radius 1 is 1.00 bits per heavy atom. The summed E-state index contributed by atoms with van der Waals surface area (Å²) in [5.41, 5.74) is 7.14. The van der Waals surface area contributed by atoms with Crippen LogP contribution < -0.4 is 10.2 Å². The highest BCUT2D eigenvalue weighted by Crippen LogP contribution is 2.31. The molecular formula is C33H31FN2O3. The van der Waals surface area contributed by atoms with Crippen LogP contribution in [0, 0.1) is 12.7 Å². The van der Waals surface area contributed by atoms with Crippen molar-refractivity contribution in [3.8, 4) is 11.1 Å². The molecule has 39 heavy (non-hydrogen) atoms. The maximum atomic E-state index is 14.0. The minimum atomic E-state index is -0.939. The van der Waals surface area contributed by atoms with Crippen LogP contribution >= 0.6 is 0 Å². The highest BCUT2D eigenvalue weighted by Gasteiger charge is 2.20. The lowest BCUT2D eigenvalue weighted by molar-refractivity contribution is 0.0697. The Kier molecular flexibility index (Phi) is 7.46. The topological polar surface area (TPSA) is 69.6 Å². The number of benzene rings is 4. The van der Waals surface area contributed by atoms with Crippen LogP contribution in [0.2, 0.25) is 0 Å². The van der Waals surface area contributed by atoms with Gasteiger partial charge in [-0.1, -0.05) is 54.6 Å². The average molecular weight is 523 g/mol. The highest BCUT2D eigenvalue weighted by atomic mass is 19.1. The molecule has 1 atom stereocenters. The van der Waals surface area contributed by atoms with Gasteiger partial charge in [-0.15, -0.1) is 0 Å². The molecule has 0 fully saturated rings. The van der Waals surface area contributed by atoms with Gasteiger partial charge < -0.3 is 15.3 Å². The van der Waals surface area contributed by atoms with Crippen LogP contribution in [-0.2, 0) is 13.0 Å². The number of amides is 1. The molecule has 2 N–H and O–H groups in total. The van der Waals surface area contributed by atoms with Gasteiger partial charge in [-0.2, -0.15) is 0 Å². The Hall–Kier alpha value is -4.45. The van der Waals surface area contributed by atoms with E-state index in [0.717, 1.165) is 53.9 Å². The van der Waals surface area contributed by atoms with Gasteiger partial charge in [-0.25, -0.2) is 9.18 Å². The molecule has 198 valence electrons. The van der Waals surface area contributed by atoms with Crippen LogP contribution in [0.1, 0.15) is 62.4 Å². The van der Waals surface area contributed by atoms with Gasteiger partial charge in [0, 0.05) is 24.3 Å². The maximum absolute atomic E-state index is 14.0. The van der Waals surface area contributed by atoms with Gasteiger partial charge in [0.1, 0.15) is 5.82 Å². The van der Waals surface area contributed by atoms with Crippen molar-refractivity contribution in [1.82, 2.24) is 5.32 Å². The SMILES string of the molecule is Cc1ccc(C(C)NC(=O)c2ccc3c(c2)CCCN3Cc2ccc(-c3ccccc3C(=O)O)cc2)cc1F. The summed E-state index contributed by atoms with van der Waals surface area (Å²) in [5, 5.41) is 12.5. The number of carbonyl (C=O) groups excluding carboxylic acids is 1. The van der Waals surface area contributed by atoms with Crippen LogP contribution in [0.4, 0.5) is 10.1 Å². The van der Waals surface area contributed by atoms with Crippen molar-refractivity contribution < 1.29 is 19.1 Å². The van der Waals surface area contributed by atoms with Crippen molar-refractivity contribution in [3.05, 3.63) is 124 Å². The number of halogens is 1. The fourth-order valence-electron chi connectivity index (χ4n) is 5.15. The molecule has 0 saturated carbocycles. The molecule has 1 heterocycles. The van der Waals surface area contributed by atoms with E-state index in [1.807, 2.05) is 67.6 Å². The first kappa shape index (κ1) is 26.2. The quantitative estimate of drug-likeness (QED) is 0.276. The minimum absolute atomic E-state index is 0.180. The molecule has 0 aliphatic carbocycles. The van der Waals surface area contributed by atoms with Crippen molar-refractivity contribution >= 4 is 17.6 Å². The zero-order valence-corrected chi connectivity index (χ0v) is 22.1. The Morgan fingerprint density at radius 3 is 2.51 bits per heavy atom. The molecule has 0 aromatic heterocycles. The third kappa shape index (κ3) is 5.70. The predicted octanol–water partition coefficient (Wildman–Crippen LogP) is 6.94. The number of nitrogens with zero attached hydrogens (tertiary/aromatic N) is 1. The Balaban J connectivity index is 1.29. The molecule has 4 aromatic rings. The number of hydrogen-bond acceptors (Lipinski definition) is 3. The van der Waals surface area contributed by atoms with Crippen molar-refractivity contribution in [2.75, 3.05) is 11.4 Å². The summed E-state index contributed by atoms with van der Waals surface area (Å²) >= 11 is 0. The number of aromatic carboxylic acids is 1. The molecule has 4 aromatic carbocycles. The Morgan fingerprint density at radius 2 is 1.77 bits per heavy atom. The van der Waals surface area contributed by atoms with E-state index in [0.29, 0.717) is 16.7 Å². The molecule has 1 aliphatic rings. The third-order valence-electron chi connectivity index (χ3n) is 7.40. The second kappa shape index (κ2) is 11.1. The summed E-state index contributed by atoms with van der Waals surface area (Å²) in [6.45, 7) is 5.21. The number of rotatable bonds is 7. The summed E-state index contributed by atoms with van der Waals surface area (Å²) in [4.78, 5) is 26.9. The lowest BCUT2D eigenvalue weighted by Crippen LogP contribution is -2.30. The van der Waals surface area contributed by atoms with Gasteiger partial charge in [0.25, 0.3) is 5.91 Å². The molecule has 1 aliphatic heterocycles. The summed E-state index contributed by atoms with van der Waals surface area (Å²) in [5.74, 6) is -1.39. The van der Waals surface area contributed by atoms with Crippen molar-refractivity contribution in [1.29, 1.82) is 0 Å². The molecule has 0 radical (unpaired) electrons. The Bertz CT molecular complexity index is 1530. The summed E-state index contributed by atoms with van der Waals surface area (Å²) in [6, 6.07) is 25.6. The van der Waals surface area contributed by atoms with Crippen LogP contribution in [0.3, 0.4) is 0 Å². The molecule has 1 amide bonds. The van der Waals surface area contributed by atoms with E-state index >= 15 is 0 Å². The van der Waals surface area contributed by atoms with Gasteiger partial charge in [-0.05, 0) is 90.4 Å². The van der Waals surface area contributed by atoms with Crippen molar-refractivity contribution in [2.45, 2.75) is 39.3 Å². The first-order valence-corrected chi connectivity index (χ1v) is 13.2. The van der Waals surface area contributed by atoms with Crippen LogP contribution in [-0.4, -0.2) is 23.5 Å². The zero-order valence-electron chi connectivity index (χ0n) is 22.1. The van der Waals surface area contributed by atoms with Crippen LogP contribution in [0.15, 0.2) is 84.9 Å². The minimum Gasteiger partial charge on any atom is -0.478 e. The van der Waals surface area contributed by atoms with Gasteiger partial charge in [0.2, 0.25) is 0 Å². The fourth-order valence-corrected chi connectivity index (χ4v) is 5.15. The van der Waals surface area contributed by atoms with E-state index in [4.69, 9.17) is 0 Å². The number of carboxylic acids is 1. The smallest absolute Gasteiger partial charge is 0.336 e. The molecular weight excluding hydrogens is 491 g/mol. The van der Waals surface area contributed by atoms with E-state index in [1.54, 1.807) is 25.1 Å². The number of hydrogen-bond donors (Lipinski definition) is 2. The van der Waals surface area contributed by atoms with Crippen LogP contribution in [0.25, 0.3) is 11.1 Å². The third-order valence-corrected chi connectivity index (χ3v) is 7.40. The second-order valence-electron chi connectivity index (χ2n) is 10.1. The number of fused-ring (bicyclic) bond motifs is 1. The predicted molar refractivity (Wildman–Crippen MR) is 152 cm³/mol. The molecule has 6 heteroatoms. The largest absolute Gasteiger partial charge is 0.478 e. The Labute approximate surface area is 227 Å². The van der Waals surface area contributed by atoms with Crippen molar-refractivity contribution in [3.63, 3.8) is 0 Å². The van der Waals surface area contributed by atoms with E-state index in [9.17, 15) is 19.1 Å². The molecule has 0 spiro atoms. The number of aryl methyl sites for hydroxylation is 2. The van der Waals surface area contributed by atoms with Crippen molar-refractivity contribution in [2.24, 2.45) is 0 Å². The summed E-state index contributed by atoms with van der Waals surface area (Å²) in [6.07, 6.45) is 1.89. The molecule has 5 nitrogen and oxygen atoms in total. The van der Waals surface area contributed by atoms with E-state index < -0.39 is 5.97 Å². The standard InChI is InChI=1S/C33H31FN2O3/c1-21-9-12-25(19-30(21)34)22(2)35-32(37)27-15-16-31-26(18-27)6-5-17-36(31)20-23-10-13-24(14-11-23)28-7-3-4-8-29(28)33(38)39/h3-4,7-16,18-19,22H,5-6,17,20H2,1-2H3,(H,35,37)(H,38,39). The number of carboxylic acid groups (broad SMARTS) is 1. The van der Waals surface area contributed by atoms with Crippen LogP contribution in [0.5, 0.6) is 0 Å². The van der Waals surface area contributed by atoms with Gasteiger partial charge in [0.15, 0.2) is 0 Å². The lowest BCUT2D eigenvalue weighted by atomic mass is 9.97. The molecule has 0 bridgehead atoms. The zero-order chi connectivity index (χ0) is 27.5. The van der Waals surface area contributed by atoms with Gasteiger partial charge in [0.05, 0.1) is 11.6 Å². The fraction of sp³-hybridized carbons (Fsp3) is 0.212. The first-order chi connectivity index (χ1) is 18.8.